The predicted octanol–water partition coefficient (Wildman–Crippen LogP) is 0.984. The highest BCUT2D eigenvalue weighted by molar-refractivity contribution is 4.93. The number of aromatic nitrogens is 2. The monoisotopic (exact) mass is 208 g/mol. The Morgan fingerprint density at radius 3 is 3.27 bits per heavy atom. The second-order valence-electron chi connectivity index (χ2n) is 4.28. The predicted molar refractivity (Wildman–Crippen MR) is 60.6 cm³/mol. The number of likely N-dealkylation sites (tertiary alicyclic amines) is 1. The summed E-state index contributed by atoms with van der Waals surface area (Å²) in [4.78, 5) is 9.63. The highest BCUT2D eigenvalue weighted by Gasteiger charge is 2.18. The lowest BCUT2D eigenvalue weighted by atomic mass is 10.2. The van der Waals surface area contributed by atoms with Crippen molar-refractivity contribution >= 4 is 0 Å². The average molecular weight is 208 g/mol. The Labute approximate surface area is 91.1 Å². The molecule has 1 aromatic heterocycles. The Hall–Kier alpha value is -0.870. The minimum Gasteiger partial charge on any atom is -0.347 e. The summed E-state index contributed by atoms with van der Waals surface area (Å²) in [6.07, 6.45) is 6.31. The lowest BCUT2D eigenvalue weighted by molar-refractivity contribution is 0.268. The molecule has 0 saturated carbocycles. The third kappa shape index (κ3) is 3.04. The van der Waals surface area contributed by atoms with Crippen molar-refractivity contribution in [1.82, 2.24) is 20.2 Å². The van der Waals surface area contributed by atoms with E-state index in [0.717, 1.165) is 31.4 Å². The molecular formula is C11H20N4. The number of nitrogens with one attached hydrogen (secondary N) is 2. The number of rotatable bonds is 5. The van der Waals surface area contributed by atoms with Gasteiger partial charge < -0.3 is 10.3 Å². The van der Waals surface area contributed by atoms with Crippen molar-refractivity contribution in [2.24, 2.45) is 0 Å². The first-order valence-corrected chi connectivity index (χ1v) is 5.78. The molecule has 0 amide bonds. The zero-order valence-electron chi connectivity index (χ0n) is 9.37. The molecule has 2 heterocycles. The fourth-order valence-corrected chi connectivity index (χ4v) is 2.15. The number of hydrogen-bond donors (Lipinski definition) is 2. The summed E-state index contributed by atoms with van der Waals surface area (Å²) in [5, 5.41) is 3.42. The van der Waals surface area contributed by atoms with Crippen LogP contribution in [0.2, 0.25) is 0 Å². The summed E-state index contributed by atoms with van der Waals surface area (Å²) in [6, 6.07) is 0.777. The summed E-state index contributed by atoms with van der Waals surface area (Å²) in [5.74, 6) is 0. The van der Waals surface area contributed by atoms with Gasteiger partial charge in [0, 0.05) is 37.6 Å². The van der Waals surface area contributed by atoms with Crippen molar-refractivity contribution in [3.05, 3.63) is 18.2 Å². The van der Waals surface area contributed by atoms with Gasteiger partial charge in [-0.05, 0) is 26.3 Å². The van der Waals surface area contributed by atoms with Crippen LogP contribution in [0.3, 0.4) is 0 Å². The van der Waals surface area contributed by atoms with E-state index < -0.39 is 0 Å². The summed E-state index contributed by atoms with van der Waals surface area (Å²) in [7, 11) is 0. The van der Waals surface area contributed by atoms with Crippen molar-refractivity contribution in [3.63, 3.8) is 0 Å². The lowest BCUT2D eigenvalue weighted by Gasteiger charge is -2.20. The first kappa shape index (κ1) is 10.6. The topological polar surface area (TPSA) is 44.0 Å². The minimum atomic E-state index is 0.777. The second kappa shape index (κ2) is 5.28. The van der Waals surface area contributed by atoms with Crippen molar-refractivity contribution in [2.75, 3.05) is 19.6 Å². The molecule has 1 unspecified atom stereocenters. The van der Waals surface area contributed by atoms with Gasteiger partial charge in [0.05, 0.1) is 6.33 Å². The van der Waals surface area contributed by atoms with Gasteiger partial charge in [-0.25, -0.2) is 4.98 Å². The molecule has 0 aliphatic carbocycles. The lowest BCUT2D eigenvalue weighted by Crippen LogP contribution is -2.34. The van der Waals surface area contributed by atoms with Gasteiger partial charge >= 0.3 is 0 Å². The van der Waals surface area contributed by atoms with Gasteiger partial charge in [-0.3, -0.25) is 4.90 Å². The molecule has 1 aliphatic heterocycles. The molecule has 2 rings (SSSR count). The van der Waals surface area contributed by atoms with Gasteiger partial charge in [0.2, 0.25) is 0 Å². The second-order valence-corrected chi connectivity index (χ2v) is 4.28. The molecule has 15 heavy (non-hydrogen) atoms. The van der Waals surface area contributed by atoms with E-state index in [9.17, 15) is 0 Å². The Morgan fingerprint density at radius 1 is 1.67 bits per heavy atom. The standard InChI is InChI=1S/C11H20N4/c1-10-3-2-5-15(10)6-4-12-7-11-8-13-9-14-11/h8-10,12H,2-7H2,1H3,(H,13,14). The van der Waals surface area contributed by atoms with E-state index in [1.165, 1.54) is 19.4 Å². The third-order valence-corrected chi connectivity index (χ3v) is 3.14. The zero-order valence-corrected chi connectivity index (χ0v) is 9.37. The molecule has 2 N–H and O–H groups in total. The van der Waals surface area contributed by atoms with Crippen molar-refractivity contribution < 1.29 is 0 Å². The normalized spacial score (nSPS) is 22.3. The number of hydrogen-bond acceptors (Lipinski definition) is 3. The van der Waals surface area contributed by atoms with Crippen LogP contribution in [0, 0.1) is 0 Å². The van der Waals surface area contributed by atoms with Gasteiger partial charge in [0.15, 0.2) is 0 Å². The van der Waals surface area contributed by atoms with Crippen LogP contribution < -0.4 is 5.32 Å². The molecule has 4 heteroatoms. The van der Waals surface area contributed by atoms with Crippen LogP contribution in [0.1, 0.15) is 25.5 Å². The van der Waals surface area contributed by atoms with Crippen LogP contribution in [-0.4, -0.2) is 40.5 Å². The van der Waals surface area contributed by atoms with E-state index in [0.29, 0.717) is 0 Å². The van der Waals surface area contributed by atoms with Crippen molar-refractivity contribution in [1.29, 1.82) is 0 Å². The first-order chi connectivity index (χ1) is 7.36. The van der Waals surface area contributed by atoms with E-state index in [-0.39, 0.29) is 0 Å². The molecule has 0 aromatic carbocycles. The fraction of sp³-hybridized carbons (Fsp3) is 0.727. The van der Waals surface area contributed by atoms with E-state index in [1.807, 2.05) is 6.20 Å². The van der Waals surface area contributed by atoms with Crippen LogP contribution in [-0.2, 0) is 6.54 Å². The summed E-state index contributed by atoms with van der Waals surface area (Å²) in [6.45, 7) is 6.70. The maximum atomic E-state index is 3.98. The van der Waals surface area contributed by atoms with Crippen LogP contribution in [0.5, 0.6) is 0 Å². The number of H-pyrrole nitrogens is 1. The smallest absolute Gasteiger partial charge is 0.0922 e. The Balaban J connectivity index is 1.59. The zero-order chi connectivity index (χ0) is 10.5. The maximum Gasteiger partial charge on any atom is 0.0922 e. The molecule has 1 atom stereocenters. The summed E-state index contributed by atoms with van der Waals surface area (Å²) in [5.41, 5.74) is 1.16. The minimum absolute atomic E-state index is 0.777. The summed E-state index contributed by atoms with van der Waals surface area (Å²) >= 11 is 0. The molecule has 0 radical (unpaired) electrons. The van der Waals surface area contributed by atoms with Gasteiger partial charge in [0.1, 0.15) is 0 Å². The fourth-order valence-electron chi connectivity index (χ4n) is 2.15. The third-order valence-electron chi connectivity index (χ3n) is 3.14. The van der Waals surface area contributed by atoms with Gasteiger partial charge in [0.25, 0.3) is 0 Å². The van der Waals surface area contributed by atoms with E-state index in [1.54, 1.807) is 6.33 Å². The average Bonchev–Trinajstić information content (AvgIpc) is 2.85. The SMILES string of the molecule is CC1CCCN1CCNCc1cnc[nH]1. The van der Waals surface area contributed by atoms with E-state index in [4.69, 9.17) is 0 Å². The number of imidazole rings is 1. The maximum absolute atomic E-state index is 3.98. The van der Waals surface area contributed by atoms with Gasteiger partial charge in [-0.15, -0.1) is 0 Å². The molecule has 4 nitrogen and oxygen atoms in total. The highest BCUT2D eigenvalue weighted by atomic mass is 15.2. The van der Waals surface area contributed by atoms with E-state index >= 15 is 0 Å². The first-order valence-electron chi connectivity index (χ1n) is 5.78. The molecule has 0 bridgehead atoms. The van der Waals surface area contributed by atoms with Gasteiger partial charge in [-0.2, -0.15) is 0 Å². The largest absolute Gasteiger partial charge is 0.347 e. The molecule has 84 valence electrons. The molecule has 1 aromatic rings. The Bertz CT molecular complexity index is 270. The number of aromatic amines is 1. The molecular weight excluding hydrogens is 188 g/mol. The summed E-state index contributed by atoms with van der Waals surface area (Å²) < 4.78 is 0. The molecule has 1 fully saturated rings. The Kier molecular flexibility index (Phi) is 3.75. The van der Waals surface area contributed by atoms with Crippen LogP contribution >= 0.6 is 0 Å². The van der Waals surface area contributed by atoms with Crippen molar-refractivity contribution in [3.8, 4) is 0 Å². The highest BCUT2D eigenvalue weighted by Crippen LogP contribution is 2.14. The molecule has 0 spiro atoms. The number of nitrogens with zero attached hydrogens (tertiary/aromatic N) is 2. The van der Waals surface area contributed by atoms with Crippen molar-refractivity contribution in [2.45, 2.75) is 32.4 Å². The molecule has 1 saturated heterocycles. The van der Waals surface area contributed by atoms with Crippen LogP contribution in [0.15, 0.2) is 12.5 Å². The Morgan fingerprint density at radius 2 is 2.60 bits per heavy atom. The van der Waals surface area contributed by atoms with Crippen LogP contribution in [0.4, 0.5) is 0 Å². The van der Waals surface area contributed by atoms with Gasteiger partial charge in [-0.1, -0.05) is 0 Å². The molecule has 1 aliphatic rings. The van der Waals surface area contributed by atoms with Crippen LogP contribution in [0.25, 0.3) is 0 Å². The quantitative estimate of drug-likeness (QED) is 0.709. The van der Waals surface area contributed by atoms with E-state index in [2.05, 4.69) is 27.1 Å².